The van der Waals surface area contributed by atoms with E-state index in [-0.39, 0.29) is 14.0 Å². The number of rotatable bonds is 13. The Morgan fingerprint density at radius 2 is 1.09 bits per heavy atom. The molecule has 1 N–H and O–H groups in total. The van der Waals surface area contributed by atoms with Crippen molar-refractivity contribution in [1.82, 2.24) is 48.8 Å². The van der Waals surface area contributed by atoms with Gasteiger partial charge in [-0.3, -0.25) is 0 Å². The summed E-state index contributed by atoms with van der Waals surface area (Å²) in [7, 11) is 5.07. The van der Waals surface area contributed by atoms with E-state index in [0.717, 1.165) is 116 Å². The van der Waals surface area contributed by atoms with Gasteiger partial charge in [0.25, 0.3) is 0 Å². The first-order valence-electron chi connectivity index (χ1n) is 18.9. The van der Waals surface area contributed by atoms with Gasteiger partial charge >= 0.3 is 0 Å². The molecule has 6 aromatic heterocycles. The van der Waals surface area contributed by atoms with Crippen molar-refractivity contribution in [3.63, 3.8) is 0 Å². The number of methoxy groups -OCH3 is 3. The van der Waals surface area contributed by atoms with Gasteiger partial charge < -0.3 is 19.3 Å². The van der Waals surface area contributed by atoms with Crippen LogP contribution in [-0.2, 0) is 17.6 Å². The summed E-state index contributed by atoms with van der Waals surface area (Å²) in [4.78, 5) is 9.56. The molecule has 0 amide bonds. The zero-order valence-corrected chi connectivity index (χ0v) is 33.5. The minimum Gasteiger partial charge on any atom is -0.496 e. The van der Waals surface area contributed by atoms with Crippen molar-refractivity contribution in [1.29, 1.82) is 0 Å². The zero-order valence-electron chi connectivity index (χ0n) is 33.5. The number of hydrogen-bond acceptors (Lipinski definition) is 10. The van der Waals surface area contributed by atoms with Crippen LogP contribution >= 0.6 is 0 Å². The van der Waals surface area contributed by atoms with Gasteiger partial charge in [-0.1, -0.05) is 7.43 Å². The third-order valence-corrected chi connectivity index (χ3v) is 9.75. The van der Waals surface area contributed by atoms with Crippen molar-refractivity contribution >= 4 is 11.3 Å². The monoisotopic (exact) mass is 784 g/mol. The van der Waals surface area contributed by atoms with Gasteiger partial charge in [0.2, 0.25) is 0 Å². The van der Waals surface area contributed by atoms with Crippen molar-refractivity contribution in [3.05, 3.63) is 120 Å². The smallest absolute Gasteiger partial charge is 0.163 e. The predicted octanol–water partition coefficient (Wildman–Crippen LogP) is 7.55. The Balaban J connectivity index is 0.000000192. The van der Waals surface area contributed by atoms with Gasteiger partial charge in [-0.2, -0.15) is 20.4 Å². The first-order valence-corrected chi connectivity index (χ1v) is 18.9. The molecule has 58 heavy (non-hydrogen) atoms. The quantitative estimate of drug-likeness (QED) is 0.116. The maximum Gasteiger partial charge on any atom is 0.163 e. The molecule has 8 aromatic rings. The molecule has 0 radical (unpaired) electrons. The van der Waals surface area contributed by atoms with Gasteiger partial charge in [0.1, 0.15) is 11.5 Å². The Kier molecular flexibility index (Phi) is 13.0. The van der Waals surface area contributed by atoms with Crippen LogP contribution in [0.3, 0.4) is 0 Å². The van der Waals surface area contributed by atoms with Crippen LogP contribution in [0.4, 0.5) is 0 Å². The Bertz CT molecular complexity index is 2610. The third-order valence-electron chi connectivity index (χ3n) is 9.75. The number of aromatic nitrogens is 10. The molecule has 0 unspecified atom stereocenters. The van der Waals surface area contributed by atoms with Crippen LogP contribution in [0.2, 0.25) is 0 Å². The van der Waals surface area contributed by atoms with Crippen molar-refractivity contribution in [2.24, 2.45) is 0 Å². The molecule has 0 bridgehead atoms. The number of nitrogens with zero attached hydrogens (tertiary/aromatic N) is 10. The van der Waals surface area contributed by atoms with Crippen molar-refractivity contribution in [3.8, 4) is 45.1 Å². The van der Waals surface area contributed by atoms with Gasteiger partial charge in [0.05, 0.1) is 48.1 Å². The minimum absolute atomic E-state index is 0. The van der Waals surface area contributed by atoms with E-state index in [1.807, 2.05) is 102 Å². The largest absolute Gasteiger partial charge is 0.496 e. The number of aliphatic hydroxyl groups excluding tert-OH is 1. The van der Waals surface area contributed by atoms with E-state index >= 15 is 0 Å². The molecule has 0 saturated heterocycles. The summed E-state index contributed by atoms with van der Waals surface area (Å²) < 4.78 is 24.1. The number of aryl methyl sites for hydroxylation is 6. The molecule has 0 aliphatic heterocycles. The molecule has 0 saturated carbocycles. The minimum atomic E-state index is 0. The molecule has 8 rings (SSSR count). The lowest BCUT2D eigenvalue weighted by atomic mass is 10.0. The Morgan fingerprint density at radius 1 is 0.621 bits per heavy atom. The van der Waals surface area contributed by atoms with Crippen molar-refractivity contribution in [2.45, 2.75) is 60.8 Å². The van der Waals surface area contributed by atoms with Crippen LogP contribution in [0.1, 0.15) is 54.4 Å². The molecule has 6 heterocycles. The Hall–Kier alpha value is -6.38. The highest BCUT2D eigenvalue weighted by atomic mass is 16.5. The number of hydrogen-bond donors (Lipinski definition) is 1. The number of ether oxygens (including phenoxy) is 3. The second-order valence-electron chi connectivity index (χ2n) is 13.8. The lowest BCUT2D eigenvalue weighted by Gasteiger charge is -2.11. The molecule has 0 aliphatic carbocycles. The average molecular weight is 785 g/mol. The van der Waals surface area contributed by atoms with Crippen LogP contribution < -0.4 is 9.47 Å². The van der Waals surface area contributed by atoms with Gasteiger partial charge in [0.15, 0.2) is 11.3 Å². The van der Waals surface area contributed by atoms with E-state index in [0.29, 0.717) is 6.42 Å². The second-order valence-corrected chi connectivity index (χ2v) is 13.8. The second kappa shape index (κ2) is 18.3. The summed E-state index contributed by atoms with van der Waals surface area (Å²) in [5.41, 5.74) is 13.2. The number of aliphatic hydroxyl groups is 1. The summed E-state index contributed by atoms with van der Waals surface area (Å²) in [6.07, 6.45) is 10.6. The standard InChI is InChI=1S/C22H25N5O2.C21H23N5O2.CH4/c1-15-13-18(7-5-12-28-3)27-22(24-15)21(16(2)25-27)19-9-8-17(14-20(19)29-4)26-11-6-10-23-26;1-14-12-17(6-4-11-27)26-21(23-14)20(15(2)24-26)18-8-7-16(13-19(18)28-3)25-10-5-9-22-25;/h6,8-11,13-14H,5,7,12H2,1-4H3;5,7-10,12-13,27H,4,6,11H2,1-3H3;1H4. The van der Waals surface area contributed by atoms with Gasteiger partial charge in [-0.05, 0) is 102 Å². The Morgan fingerprint density at radius 3 is 1.48 bits per heavy atom. The number of benzene rings is 2. The van der Waals surface area contributed by atoms with E-state index < -0.39 is 0 Å². The fraction of sp³-hybridized carbons (Fsp3) is 0.318. The summed E-state index contributed by atoms with van der Waals surface area (Å²) in [6, 6.07) is 20.0. The zero-order chi connectivity index (χ0) is 40.1. The molecule has 0 fully saturated rings. The molecular formula is C44H52N10O4. The van der Waals surface area contributed by atoms with Crippen LogP contribution in [0.5, 0.6) is 11.5 Å². The van der Waals surface area contributed by atoms with Crippen LogP contribution in [0.15, 0.2) is 85.5 Å². The van der Waals surface area contributed by atoms with Gasteiger partial charge in [0, 0.05) is 91.1 Å². The first-order chi connectivity index (χ1) is 27.7. The molecular weight excluding hydrogens is 733 g/mol. The highest BCUT2D eigenvalue weighted by molar-refractivity contribution is 5.85. The van der Waals surface area contributed by atoms with E-state index in [4.69, 9.17) is 34.4 Å². The molecule has 0 atom stereocenters. The molecule has 2 aromatic carbocycles. The fourth-order valence-electron chi connectivity index (χ4n) is 7.19. The molecule has 302 valence electrons. The van der Waals surface area contributed by atoms with Crippen LogP contribution in [0.25, 0.3) is 44.9 Å². The first kappa shape index (κ1) is 41.3. The summed E-state index contributed by atoms with van der Waals surface area (Å²) in [6.45, 7) is 8.86. The van der Waals surface area contributed by atoms with Gasteiger partial charge in [-0.15, -0.1) is 0 Å². The average Bonchev–Trinajstić information content (AvgIpc) is 4.05. The highest BCUT2D eigenvalue weighted by Gasteiger charge is 2.21. The Labute approximate surface area is 338 Å². The highest BCUT2D eigenvalue weighted by Crippen LogP contribution is 2.38. The third kappa shape index (κ3) is 8.34. The maximum atomic E-state index is 9.21. The normalized spacial score (nSPS) is 11.1. The van der Waals surface area contributed by atoms with Gasteiger partial charge in [-0.25, -0.2) is 28.4 Å². The molecule has 0 spiro atoms. The summed E-state index contributed by atoms with van der Waals surface area (Å²) in [5, 5.41) is 27.3. The van der Waals surface area contributed by atoms with E-state index in [9.17, 15) is 5.11 Å². The molecule has 14 nitrogen and oxygen atoms in total. The maximum absolute atomic E-state index is 9.21. The lowest BCUT2D eigenvalue weighted by molar-refractivity contribution is 0.194. The van der Waals surface area contributed by atoms with Crippen LogP contribution in [-0.4, -0.2) is 88.4 Å². The summed E-state index contributed by atoms with van der Waals surface area (Å²) in [5.74, 6) is 1.51. The fourth-order valence-corrected chi connectivity index (χ4v) is 7.19. The van der Waals surface area contributed by atoms with Crippen molar-refractivity contribution in [2.75, 3.05) is 34.5 Å². The topological polar surface area (TPSA) is 144 Å². The summed E-state index contributed by atoms with van der Waals surface area (Å²) >= 11 is 0. The van der Waals surface area contributed by atoms with E-state index in [1.165, 1.54) is 0 Å². The lowest BCUT2D eigenvalue weighted by Crippen LogP contribution is -2.04. The number of fused-ring (bicyclic) bond motifs is 2. The predicted molar refractivity (Wildman–Crippen MR) is 225 cm³/mol. The SMILES string of the molecule is C.COCCCc1cc(C)nc2c(-c3ccc(-n4cccn4)cc3OC)c(C)nn12.COc1cc(-n2cccn2)ccc1-c1c(C)nn2c(CCCO)cc(C)nc12. The van der Waals surface area contributed by atoms with Crippen molar-refractivity contribution < 1.29 is 19.3 Å². The molecule has 14 heteroatoms. The van der Waals surface area contributed by atoms with Crippen LogP contribution in [0, 0.1) is 27.7 Å². The van der Waals surface area contributed by atoms with E-state index in [1.54, 1.807) is 38.4 Å². The van der Waals surface area contributed by atoms with E-state index in [2.05, 4.69) is 22.3 Å². The molecule has 0 aliphatic rings.